The fourth-order valence-corrected chi connectivity index (χ4v) is 1.85. The molecule has 1 aromatic heterocycles. The normalized spacial score (nSPS) is 16.1. The summed E-state index contributed by atoms with van der Waals surface area (Å²) in [5.41, 5.74) is 1.13. The van der Waals surface area contributed by atoms with Gasteiger partial charge in [0.05, 0.1) is 5.69 Å². The highest BCUT2D eigenvalue weighted by atomic mass is 16.4. The first-order chi connectivity index (χ1) is 5.83. The summed E-state index contributed by atoms with van der Waals surface area (Å²) in [5, 5.41) is 0. The Morgan fingerprint density at radius 1 is 1.42 bits per heavy atom. The molecule has 1 aliphatic carbocycles. The van der Waals surface area contributed by atoms with E-state index in [-0.39, 0.29) is 5.76 Å². The van der Waals surface area contributed by atoms with Crippen LogP contribution in [-0.4, -0.2) is 4.57 Å². The summed E-state index contributed by atoms with van der Waals surface area (Å²) in [4.78, 5) is 11.2. The summed E-state index contributed by atoms with van der Waals surface area (Å²) >= 11 is 0. The number of rotatable bonds is 1. The third-order valence-electron chi connectivity index (χ3n) is 2.46. The SMILES string of the molecule is CCn1c2c(oc1=O)CCCC2. The number of aromatic nitrogens is 1. The summed E-state index contributed by atoms with van der Waals surface area (Å²) in [6.07, 6.45) is 4.29. The van der Waals surface area contributed by atoms with Crippen LogP contribution in [-0.2, 0) is 19.4 Å². The molecule has 2 rings (SSSR count). The third-order valence-corrected chi connectivity index (χ3v) is 2.46. The van der Waals surface area contributed by atoms with Crippen molar-refractivity contribution in [2.45, 2.75) is 39.2 Å². The Morgan fingerprint density at radius 3 is 2.92 bits per heavy atom. The molecule has 3 heteroatoms. The largest absolute Gasteiger partial charge is 0.419 e. The van der Waals surface area contributed by atoms with Gasteiger partial charge in [0.1, 0.15) is 5.76 Å². The van der Waals surface area contributed by atoms with Crippen molar-refractivity contribution in [2.24, 2.45) is 0 Å². The molecule has 1 aromatic rings. The number of oxazole rings is 1. The zero-order valence-electron chi connectivity index (χ0n) is 7.30. The van der Waals surface area contributed by atoms with Crippen molar-refractivity contribution in [1.29, 1.82) is 0 Å². The van der Waals surface area contributed by atoms with Crippen LogP contribution in [0.2, 0.25) is 0 Å². The lowest BCUT2D eigenvalue weighted by Crippen LogP contribution is -2.16. The lowest BCUT2D eigenvalue weighted by atomic mass is 10.0. The quantitative estimate of drug-likeness (QED) is 0.632. The maximum atomic E-state index is 11.2. The van der Waals surface area contributed by atoms with Crippen LogP contribution in [0.25, 0.3) is 0 Å². The van der Waals surface area contributed by atoms with Crippen molar-refractivity contribution in [3.8, 4) is 0 Å². The van der Waals surface area contributed by atoms with E-state index in [1.165, 1.54) is 6.42 Å². The van der Waals surface area contributed by atoms with Crippen molar-refractivity contribution in [2.75, 3.05) is 0 Å². The van der Waals surface area contributed by atoms with Gasteiger partial charge in [-0.15, -0.1) is 0 Å². The Labute approximate surface area is 71.0 Å². The van der Waals surface area contributed by atoms with Gasteiger partial charge in [0.15, 0.2) is 0 Å². The molecule has 0 saturated carbocycles. The molecule has 66 valence electrons. The minimum absolute atomic E-state index is 0.176. The van der Waals surface area contributed by atoms with Crippen LogP contribution in [0.3, 0.4) is 0 Å². The van der Waals surface area contributed by atoms with E-state index in [0.717, 1.165) is 37.3 Å². The number of nitrogens with zero attached hydrogens (tertiary/aromatic N) is 1. The zero-order valence-corrected chi connectivity index (χ0v) is 7.30. The summed E-state index contributed by atoms with van der Waals surface area (Å²) in [7, 11) is 0. The Morgan fingerprint density at radius 2 is 2.17 bits per heavy atom. The van der Waals surface area contributed by atoms with Crippen LogP contribution in [0.4, 0.5) is 0 Å². The Kier molecular flexibility index (Phi) is 1.79. The van der Waals surface area contributed by atoms with E-state index in [1.807, 2.05) is 6.92 Å². The van der Waals surface area contributed by atoms with Gasteiger partial charge < -0.3 is 4.42 Å². The first-order valence-corrected chi connectivity index (χ1v) is 4.54. The highest BCUT2D eigenvalue weighted by molar-refractivity contribution is 5.12. The molecule has 0 atom stereocenters. The van der Waals surface area contributed by atoms with Gasteiger partial charge in [-0.3, -0.25) is 4.57 Å². The third kappa shape index (κ3) is 1.00. The van der Waals surface area contributed by atoms with Crippen molar-refractivity contribution >= 4 is 0 Å². The Balaban J connectivity index is 2.54. The van der Waals surface area contributed by atoms with E-state index in [4.69, 9.17) is 4.42 Å². The lowest BCUT2D eigenvalue weighted by Gasteiger charge is -2.10. The lowest BCUT2D eigenvalue weighted by molar-refractivity contribution is 0.440. The van der Waals surface area contributed by atoms with E-state index in [0.29, 0.717) is 0 Å². The molecule has 0 bridgehead atoms. The van der Waals surface area contributed by atoms with Crippen LogP contribution in [0.15, 0.2) is 9.21 Å². The first kappa shape index (κ1) is 7.65. The second kappa shape index (κ2) is 2.81. The maximum Gasteiger partial charge on any atom is 0.419 e. The molecule has 0 unspecified atom stereocenters. The summed E-state index contributed by atoms with van der Waals surface area (Å²) in [5.74, 6) is 0.748. The number of fused-ring (bicyclic) bond motifs is 1. The van der Waals surface area contributed by atoms with Crippen molar-refractivity contribution < 1.29 is 4.42 Å². The molecular formula is C9H13NO2. The molecule has 0 aliphatic heterocycles. The Bertz CT molecular complexity index is 335. The zero-order chi connectivity index (χ0) is 8.55. The molecule has 0 N–H and O–H groups in total. The molecule has 3 nitrogen and oxygen atoms in total. The van der Waals surface area contributed by atoms with Crippen LogP contribution < -0.4 is 5.76 Å². The monoisotopic (exact) mass is 167 g/mol. The molecule has 0 amide bonds. The maximum absolute atomic E-state index is 11.2. The van der Waals surface area contributed by atoms with E-state index < -0.39 is 0 Å². The van der Waals surface area contributed by atoms with Crippen molar-refractivity contribution in [3.63, 3.8) is 0 Å². The second-order valence-electron chi connectivity index (χ2n) is 3.19. The fourth-order valence-electron chi connectivity index (χ4n) is 1.85. The highest BCUT2D eigenvalue weighted by Gasteiger charge is 2.18. The van der Waals surface area contributed by atoms with E-state index in [2.05, 4.69) is 0 Å². The van der Waals surface area contributed by atoms with Gasteiger partial charge in [0.2, 0.25) is 0 Å². The summed E-state index contributed by atoms with van der Waals surface area (Å²) < 4.78 is 6.88. The summed E-state index contributed by atoms with van der Waals surface area (Å²) in [6, 6.07) is 0. The minimum atomic E-state index is -0.176. The van der Waals surface area contributed by atoms with Crippen LogP contribution >= 0.6 is 0 Å². The summed E-state index contributed by atoms with van der Waals surface area (Å²) in [6.45, 7) is 2.71. The molecule has 0 radical (unpaired) electrons. The van der Waals surface area contributed by atoms with Crippen molar-refractivity contribution in [3.05, 3.63) is 22.0 Å². The van der Waals surface area contributed by atoms with Gasteiger partial charge >= 0.3 is 5.76 Å². The van der Waals surface area contributed by atoms with Gasteiger partial charge in [-0.05, 0) is 26.2 Å². The molecule has 12 heavy (non-hydrogen) atoms. The standard InChI is InChI=1S/C9H13NO2/c1-2-10-7-5-3-4-6-8(7)12-9(10)11/h2-6H2,1H3. The molecule has 1 aliphatic rings. The van der Waals surface area contributed by atoms with Crippen molar-refractivity contribution in [1.82, 2.24) is 4.57 Å². The number of aryl methyl sites for hydroxylation is 1. The van der Waals surface area contributed by atoms with E-state index in [1.54, 1.807) is 4.57 Å². The molecule has 0 aromatic carbocycles. The fraction of sp³-hybridized carbons (Fsp3) is 0.667. The topological polar surface area (TPSA) is 35.1 Å². The van der Waals surface area contributed by atoms with Crippen LogP contribution in [0, 0.1) is 0 Å². The van der Waals surface area contributed by atoms with Gasteiger partial charge in [-0.2, -0.15) is 0 Å². The van der Waals surface area contributed by atoms with E-state index >= 15 is 0 Å². The first-order valence-electron chi connectivity index (χ1n) is 4.54. The molecule has 1 heterocycles. The van der Waals surface area contributed by atoms with Crippen LogP contribution in [0.5, 0.6) is 0 Å². The second-order valence-corrected chi connectivity index (χ2v) is 3.19. The smallest absolute Gasteiger partial charge is 0.413 e. The highest BCUT2D eigenvalue weighted by Crippen LogP contribution is 2.19. The van der Waals surface area contributed by atoms with Gasteiger partial charge in [-0.25, -0.2) is 4.79 Å². The molecule has 0 spiro atoms. The van der Waals surface area contributed by atoms with Gasteiger partial charge in [-0.1, -0.05) is 0 Å². The minimum Gasteiger partial charge on any atom is -0.413 e. The van der Waals surface area contributed by atoms with E-state index in [9.17, 15) is 4.79 Å². The predicted octanol–water partition coefficient (Wildman–Crippen LogP) is 1.34. The van der Waals surface area contributed by atoms with Gasteiger partial charge in [0, 0.05) is 13.0 Å². The molecule has 0 fully saturated rings. The number of hydrogen-bond acceptors (Lipinski definition) is 2. The number of hydrogen-bond donors (Lipinski definition) is 0. The van der Waals surface area contributed by atoms with Gasteiger partial charge in [0.25, 0.3) is 0 Å². The van der Waals surface area contributed by atoms with Crippen LogP contribution in [0.1, 0.15) is 31.2 Å². The Hall–Kier alpha value is -0.990. The molecule has 0 saturated heterocycles. The average Bonchev–Trinajstić information content (AvgIpc) is 2.40. The average molecular weight is 167 g/mol. The predicted molar refractivity (Wildman–Crippen MR) is 45.3 cm³/mol. The molecular weight excluding hydrogens is 154 g/mol.